The Labute approximate surface area is 102 Å². The van der Waals surface area contributed by atoms with Gasteiger partial charge in [-0.25, -0.2) is 0 Å². The predicted molar refractivity (Wildman–Crippen MR) is 75.6 cm³/mol. The summed E-state index contributed by atoms with van der Waals surface area (Å²) in [7, 11) is 0. The van der Waals surface area contributed by atoms with E-state index >= 15 is 0 Å². The fourth-order valence-corrected chi connectivity index (χ4v) is 1.63. The Morgan fingerprint density at radius 1 is 1.19 bits per heavy atom. The molecule has 0 atom stereocenters. The van der Waals surface area contributed by atoms with Crippen molar-refractivity contribution in [1.29, 1.82) is 0 Å². The fourth-order valence-electron chi connectivity index (χ4n) is 1.63. The molecule has 0 aliphatic heterocycles. The van der Waals surface area contributed by atoms with E-state index in [0.29, 0.717) is 0 Å². The standard InChI is InChI=1S/C16H28/c1-6-9-15(4)12-8-13-16(5)11-7-10-14(2)3/h8-9,12-14H,6-7,10-11H2,1-5H3/b12-8+,15-9+,16-13+. The first-order chi connectivity index (χ1) is 7.56. The van der Waals surface area contributed by atoms with Crippen molar-refractivity contribution >= 4 is 0 Å². The van der Waals surface area contributed by atoms with Gasteiger partial charge in [-0.2, -0.15) is 0 Å². The van der Waals surface area contributed by atoms with Crippen LogP contribution >= 0.6 is 0 Å². The van der Waals surface area contributed by atoms with Gasteiger partial charge in [0.15, 0.2) is 0 Å². The van der Waals surface area contributed by atoms with Gasteiger partial charge in [-0.3, -0.25) is 0 Å². The predicted octanol–water partition coefficient (Wildman–Crippen LogP) is 5.67. The molecule has 0 spiro atoms. The van der Waals surface area contributed by atoms with Gasteiger partial charge >= 0.3 is 0 Å². The molecule has 0 aliphatic rings. The normalized spacial score (nSPS) is 14.1. The highest BCUT2D eigenvalue weighted by Gasteiger charge is 1.94. The number of hydrogen-bond donors (Lipinski definition) is 0. The molecule has 0 amide bonds. The summed E-state index contributed by atoms with van der Waals surface area (Å²) >= 11 is 0. The minimum absolute atomic E-state index is 0.832. The van der Waals surface area contributed by atoms with Crippen molar-refractivity contribution in [3.8, 4) is 0 Å². The summed E-state index contributed by atoms with van der Waals surface area (Å²) in [5.41, 5.74) is 2.84. The van der Waals surface area contributed by atoms with E-state index in [9.17, 15) is 0 Å². The average molecular weight is 220 g/mol. The van der Waals surface area contributed by atoms with Gasteiger partial charge in [0.1, 0.15) is 0 Å². The van der Waals surface area contributed by atoms with Crippen LogP contribution in [0, 0.1) is 5.92 Å². The summed E-state index contributed by atoms with van der Waals surface area (Å²) in [6, 6.07) is 0. The molecule has 0 rings (SSSR count). The summed E-state index contributed by atoms with van der Waals surface area (Å²) in [5, 5.41) is 0. The van der Waals surface area contributed by atoms with Crippen molar-refractivity contribution in [1.82, 2.24) is 0 Å². The molecule has 0 heteroatoms. The number of hydrogen-bond acceptors (Lipinski definition) is 0. The van der Waals surface area contributed by atoms with Gasteiger partial charge in [-0.1, -0.05) is 62.6 Å². The maximum Gasteiger partial charge on any atom is -0.0320 e. The van der Waals surface area contributed by atoms with Crippen molar-refractivity contribution in [2.75, 3.05) is 0 Å². The van der Waals surface area contributed by atoms with Crippen LogP contribution in [-0.2, 0) is 0 Å². The Kier molecular flexibility index (Phi) is 8.99. The Bertz CT molecular complexity index is 251. The second-order valence-corrected chi connectivity index (χ2v) is 5.01. The first kappa shape index (κ1) is 15.2. The van der Waals surface area contributed by atoms with Crippen LogP contribution in [0.4, 0.5) is 0 Å². The maximum atomic E-state index is 2.29. The molecule has 0 bridgehead atoms. The molecule has 0 nitrogen and oxygen atoms in total. The Morgan fingerprint density at radius 2 is 1.88 bits per heavy atom. The van der Waals surface area contributed by atoms with E-state index in [4.69, 9.17) is 0 Å². The topological polar surface area (TPSA) is 0 Å². The Hall–Kier alpha value is -0.780. The highest BCUT2D eigenvalue weighted by molar-refractivity contribution is 5.21. The molecular weight excluding hydrogens is 192 g/mol. The van der Waals surface area contributed by atoms with Crippen LogP contribution in [0.15, 0.2) is 35.5 Å². The Morgan fingerprint density at radius 3 is 2.44 bits per heavy atom. The molecule has 0 aliphatic carbocycles. The molecule has 0 saturated carbocycles. The summed E-state index contributed by atoms with van der Waals surface area (Å²) < 4.78 is 0. The highest BCUT2D eigenvalue weighted by Crippen LogP contribution is 2.11. The fraction of sp³-hybridized carbons (Fsp3) is 0.625. The van der Waals surface area contributed by atoms with Crippen LogP contribution in [0.25, 0.3) is 0 Å². The SMILES string of the molecule is CC/C=C(C)/C=C/C=C(\C)CCCC(C)C. The minimum Gasteiger partial charge on any atom is -0.0819 e. The van der Waals surface area contributed by atoms with Crippen LogP contribution in [0.1, 0.15) is 60.3 Å². The van der Waals surface area contributed by atoms with E-state index in [-0.39, 0.29) is 0 Å². The van der Waals surface area contributed by atoms with Crippen molar-refractivity contribution in [2.45, 2.75) is 60.3 Å². The molecular formula is C16H28. The van der Waals surface area contributed by atoms with Crippen molar-refractivity contribution in [3.05, 3.63) is 35.5 Å². The first-order valence-electron chi connectivity index (χ1n) is 6.56. The molecule has 0 heterocycles. The van der Waals surface area contributed by atoms with Gasteiger partial charge in [0.25, 0.3) is 0 Å². The summed E-state index contributed by atoms with van der Waals surface area (Å²) in [4.78, 5) is 0. The quantitative estimate of drug-likeness (QED) is 0.485. The first-order valence-corrected chi connectivity index (χ1v) is 6.56. The molecule has 0 unspecified atom stereocenters. The van der Waals surface area contributed by atoms with Crippen molar-refractivity contribution < 1.29 is 0 Å². The summed E-state index contributed by atoms with van der Waals surface area (Å²) in [6.07, 6.45) is 13.9. The molecule has 0 N–H and O–H groups in total. The van der Waals surface area contributed by atoms with Gasteiger partial charge in [0.2, 0.25) is 0 Å². The zero-order valence-electron chi connectivity index (χ0n) is 11.7. The zero-order valence-corrected chi connectivity index (χ0v) is 11.7. The van der Waals surface area contributed by atoms with Crippen molar-refractivity contribution in [2.24, 2.45) is 5.92 Å². The van der Waals surface area contributed by atoms with E-state index in [1.807, 2.05) is 0 Å². The van der Waals surface area contributed by atoms with Crippen LogP contribution in [0.2, 0.25) is 0 Å². The molecule has 0 aromatic carbocycles. The van der Waals surface area contributed by atoms with E-state index in [1.165, 1.54) is 30.4 Å². The number of rotatable bonds is 7. The van der Waals surface area contributed by atoms with Gasteiger partial charge in [0.05, 0.1) is 0 Å². The molecule has 0 fully saturated rings. The smallest absolute Gasteiger partial charge is 0.0320 e. The third-order valence-corrected chi connectivity index (χ3v) is 2.62. The van der Waals surface area contributed by atoms with Crippen LogP contribution in [-0.4, -0.2) is 0 Å². The lowest BCUT2D eigenvalue weighted by Crippen LogP contribution is -1.87. The minimum atomic E-state index is 0.832. The van der Waals surface area contributed by atoms with Gasteiger partial charge in [-0.15, -0.1) is 0 Å². The van der Waals surface area contributed by atoms with Crippen LogP contribution in [0.5, 0.6) is 0 Å². The molecule has 92 valence electrons. The van der Waals surface area contributed by atoms with Gasteiger partial charge < -0.3 is 0 Å². The summed E-state index contributed by atoms with van der Waals surface area (Å²) in [6.45, 7) is 11.1. The molecule has 0 aromatic heterocycles. The lowest BCUT2D eigenvalue weighted by molar-refractivity contribution is 0.555. The zero-order chi connectivity index (χ0) is 12.4. The third-order valence-electron chi connectivity index (χ3n) is 2.62. The second kappa shape index (κ2) is 9.45. The number of allylic oxidation sites excluding steroid dienone is 6. The van der Waals surface area contributed by atoms with E-state index in [2.05, 4.69) is 58.9 Å². The van der Waals surface area contributed by atoms with Crippen LogP contribution in [0.3, 0.4) is 0 Å². The van der Waals surface area contributed by atoms with E-state index < -0.39 is 0 Å². The maximum absolute atomic E-state index is 2.29. The van der Waals surface area contributed by atoms with E-state index in [0.717, 1.165) is 12.3 Å². The van der Waals surface area contributed by atoms with Crippen LogP contribution < -0.4 is 0 Å². The molecule has 16 heavy (non-hydrogen) atoms. The van der Waals surface area contributed by atoms with Crippen molar-refractivity contribution in [3.63, 3.8) is 0 Å². The molecule has 0 aromatic rings. The average Bonchev–Trinajstić information content (AvgIpc) is 2.17. The monoisotopic (exact) mass is 220 g/mol. The lowest BCUT2D eigenvalue weighted by atomic mass is 10.0. The van der Waals surface area contributed by atoms with Gasteiger partial charge in [0, 0.05) is 0 Å². The largest absolute Gasteiger partial charge is 0.0819 e. The highest BCUT2D eigenvalue weighted by atomic mass is 14.0. The summed E-state index contributed by atoms with van der Waals surface area (Å²) in [5.74, 6) is 0.832. The third kappa shape index (κ3) is 9.76. The molecule has 0 saturated heterocycles. The Balaban J connectivity index is 3.90. The molecule has 0 radical (unpaired) electrons. The van der Waals surface area contributed by atoms with Gasteiger partial charge in [-0.05, 0) is 39.0 Å². The van der Waals surface area contributed by atoms with E-state index in [1.54, 1.807) is 0 Å². The second-order valence-electron chi connectivity index (χ2n) is 5.01. The lowest BCUT2D eigenvalue weighted by Gasteiger charge is -2.03.